The molecule has 5 nitrogen and oxygen atoms in total. The van der Waals surface area contributed by atoms with Crippen LogP contribution in [0.4, 0.5) is 5.13 Å². The standard InChI is InChI=1S/C13H17N3O2S/c1-8-5-11(9(2)18-8)12(17)14-6-10-7-19-13(15-10)16(3)4/h5,7H,6H2,1-4H3,(H,14,17). The minimum absolute atomic E-state index is 0.131. The Morgan fingerprint density at radius 3 is 2.74 bits per heavy atom. The summed E-state index contributed by atoms with van der Waals surface area (Å²) in [6.07, 6.45) is 0. The molecule has 0 aromatic carbocycles. The van der Waals surface area contributed by atoms with Crippen LogP contribution >= 0.6 is 11.3 Å². The first kappa shape index (κ1) is 13.6. The highest BCUT2D eigenvalue weighted by Crippen LogP contribution is 2.18. The van der Waals surface area contributed by atoms with Crippen LogP contribution in [0, 0.1) is 13.8 Å². The van der Waals surface area contributed by atoms with Gasteiger partial charge in [0.05, 0.1) is 17.8 Å². The Morgan fingerprint density at radius 1 is 1.47 bits per heavy atom. The van der Waals surface area contributed by atoms with Crippen molar-refractivity contribution < 1.29 is 9.21 Å². The second kappa shape index (κ2) is 5.44. The number of nitrogens with zero attached hydrogens (tertiary/aromatic N) is 2. The molecule has 1 amide bonds. The lowest BCUT2D eigenvalue weighted by Gasteiger charge is -2.05. The lowest BCUT2D eigenvalue weighted by atomic mass is 10.2. The van der Waals surface area contributed by atoms with Crippen LogP contribution in [0.25, 0.3) is 0 Å². The van der Waals surface area contributed by atoms with Crippen molar-refractivity contribution in [3.8, 4) is 0 Å². The molecule has 2 aromatic rings. The van der Waals surface area contributed by atoms with Crippen LogP contribution < -0.4 is 10.2 Å². The third kappa shape index (κ3) is 3.14. The first-order chi connectivity index (χ1) is 8.97. The van der Waals surface area contributed by atoms with E-state index >= 15 is 0 Å². The van der Waals surface area contributed by atoms with Crippen molar-refractivity contribution in [2.75, 3.05) is 19.0 Å². The molecule has 0 unspecified atom stereocenters. The average Bonchev–Trinajstić information content (AvgIpc) is 2.93. The fourth-order valence-corrected chi connectivity index (χ4v) is 2.46. The molecule has 19 heavy (non-hydrogen) atoms. The number of nitrogens with one attached hydrogen (secondary N) is 1. The Kier molecular flexibility index (Phi) is 3.90. The number of amides is 1. The number of carbonyl (C=O) groups is 1. The van der Waals surface area contributed by atoms with Crippen LogP contribution in [0.3, 0.4) is 0 Å². The quantitative estimate of drug-likeness (QED) is 0.933. The van der Waals surface area contributed by atoms with Gasteiger partial charge >= 0.3 is 0 Å². The highest BCUT2D eigenvalue weighted by Gasteiger charge is 2.13. The molecule has 2 heterocycles. The van der Waals surface area contributed by atoms with Crippen molar-refractivity contribution in [1.29, 1.82) is 0 Å². The van der Waals surface area contributed by atoms with Gasteiger partial charge in [0, 0.05) is 19.5 Å². The van der Waals surface area contributed by atoms with Gasteiger partial charge in [-0.2, -0.15) is 0 Å². The number of hydrogen-bond acceptors (Lipinski definition) is 5. The summed E-state index contributed by atoms with van der Waals surface area (Å²) in [6.45, 7) is 4.04. The molecule has 2 rings (SSSR count). The zero-order valence-corrected chi connectivity index (χ0v) is 12.3. The number of thiazole rings is 1. The fraction of sp³-hybridized carbons (Fsp3) is 0.385. The summed E-state index contributed by atoms with van der Waals surface area (Å²) in [4.78, 5) is 18.3. The highest BCUT2D eigenvalue weighted by molar-refractivity contribution is 7.13. The van der Waals surface area contributed by atoms with Gasteiger partial charge in [-0.15, -0.1) is 11.3 Å². The monoisotopic (exact) mass is 279 g/mol. The van der Waals surface area contributed by atoms with Gasteiger partial charge < -0.3 is 14.6 Å². The maximum atomic E-state index is 12.0. The molecule has 6 heteroatoms. The van der Waals surface area contributed by atoms with Gasteiger partial charge in [-0.25, -0.2) is 4.98 Å². The molecule has 0 bridgehead atoms. The van der Waals surface area contributed by atoms with Crippen molar-refractivity contribution in [2.24, 2.45) is 0 Å². The van der Waals surface area contributed by atoms with Crippen molar-refractivity contribution in [3.63, 3.8) is 0 Å². The summed E-state index contributed by atoms with van der Waals surface area (Å²) >= 11 is 1.56. The number of rotatable bonds is 4. The Hall–Kier alpha value is -1.82. The summed E-state index contributed by atoms with van der Waals surface area (Å²) < 4.78 is 5.34. The van der Waals surface area contributed by atoms with E-state index in [4.69, 9.17) is 4.42 Å². The van der Waals surface area contributed by atoms with Crippen molar-refractivity contribution in [2.45, 2.75) is 20.4 Å². The number of carbonyl (C=O) groups excluding carboxylic acids is 1. The third-order valence-electron chi connectivity index (χ3n) is 2.64. The van der Waals surface area contributed by atoms with Gasteiger partial charge in [-0.3, -0.25) is 4.79 Å². The SMILES string of the molecule is Cc1cc(C(=O)NCc2csc(N(C)C)n2)c(C)o1. The average molecular weight is 279 g/mol. The topological polar surface area (TPSA) is 58.4 Å². The zero-order valence-electron chi connectivity index (χ0n) is 11.5. The molecule has 0 aliphatic carbocycles. The molecule has 1 N–H and O–H groups in total. The van der Waals surface area contributed by atoms with E-state index in [2.05, 4.69) is 10.3 Å². The molecule has 0 aliphatic heterocycles. The Bertz CT molecular complexity index is 586. The van der Waals surface area contributed by atoms with E-state index in [0.717, 1.165) is 16.6 Å². The number of anilines is 1. The number of aromatic nitrogens is 1. The molecule has 0 spiro atoms. The molecular weight excluding hydrogens is 262 g/mol. The molecule has 102 valence electrons. The smallest absolute Gasteiger partial charge is 0.255 e. The number of aryl methyl sites for hydroxylation is 2. The van der Waals surface area contributed by atoms with E-state index in [1.165, 1.54) is 0 Å². The Labute approximate surface area is 116 Å². The molecule has 0 saturated carbocycles. The normalized spacial score (nSPS) is 10.5. The molecule has 0 fully saturated rings. The number of furan rings is 1. The predicted octanol–water partition coefficient (Wildman–Crippen LogP) is 2.35. The van der Waals surface area contributed by atoms with Gasteiger partial charge in [-0.1, -0.05) is 0 Å². The van der Waals surface area contributed by atoms with Gasteiger partial charge in [0.2, 0.25) is 0 Å². The summed E-state index contributed by atoms with van der Waals surface area (Å²) in [5.41, 5.74) is 1.44. The molecule has 0 radical (unpaired) electrons. The van der Waals surface area contributed by atoms with E-state index in [0.29, 0.717) is 17.9 Å². The minimum Gasteiger partial charge on any atom is -0.466 e. The van der Waals surface area contributed by atoms with Gasteiger partial charge in [0.15, 0.2) is 5.13 Å². The Balaban J connectivity index is 1.98. The number of hydrogen-bond donors (Lipinski definition) is 1. The van der Waals surface area contributed by atoms with Crippen molar-refractivity contribution in [1.82, 2.24) is 10.3 Å². The van der Waals surface area contributed by atoms with Crippen LogP contribution in [0.2, 0.25) is 0 Å². The minimum atomic E-state index is -0.131. The van der Waals surface area contributed by atoms with Crippen LogP contribution in [0.15, 0.2) is 15.9 Å². The maximum Gasteiger partial charge on any atom is 0.255 e. The van der Waals surface area contributed by atoms with Crippen molar-refractivity contribution >= 4 is 22.4 Å². The van der Waals surface area contributed by atoms with Gasteiger partial charge in [0.1, 0.15) is 11.5 Å². The molecule has 0 atom stereocenters. The van der Waals surface area contributed by atoms with Crippen LogP contribution in [0.1, 0.15) is 27.6 Å². The van der Waals surface area contributed by atoms with Crippen LogP contribution in [-0.4, -0.2) is 25.0 Å². The predicted molar refractivity (Wildman–Crippen MR) is 75.8 cm³/mol. The van der Waals surface area contributed by atoms with E-state index in [9.17, 15) is 4.79 Å². The third-order valence-corrected chi connectivity index (χ3v) is 3.70. The molecule has 0 aliphatic rings. The zero-order chi connectivity index (χ0) is 14.0. The lowest BCUT2D eigenvalue weighted by Crippen LogP contribution is -2.23. The molecular formula is C13H17N3O2S. The second-order valence-corrected chi connectivity index (χ2v) is 5.36. The fourth-order valence-electron chi connectivity index (χ4n) is 1.71. The van der Waals surface area contributed by atoms with E-state index < -0.39 is 0 Å². The van der Waals surface area contributed by atoms with E-state index in [-0.39, 0.29) is 5.91 Å². The van der Waals surface area contributed by atoms with Gasteiger partial charge in [0.25, 0.3) is 5.91 Å². The maximum absolute atomic E-state index is 12.0. The Morgan fingerprint density at radius 2 is 2.21 bits per heavy atom. The molecule has 0 saturated heterocycles. The lowest BCUT2D eigenvalue weighted by molar-refractivity contribution is 0.0949. The van der Waals surface area contributed by atoms with Crippen LogP contribution in [0.5, 0.6) is 0 Å². The molecule has 2 aromatic heterocycles. The van der Waals surface area contributed by atoms with E-state index in [1.807, 2.05) is 31.3 Å². The second-order valence-electron chi connectivity index (χ2n) is 4.53. The summed E-state index contributed by atoms with van der Waals surface area (Å²) in [6, 6.07) is 1.75. The first-order valence-electron chi connectivity index (χ1n) is 5.94. The van der Waals surface area contributed by atoms with Crippen LogP contribution in [-0.2, 0) is 6.54 Å². The summed E-state index contributed by atoms with van der Waals surface area (Å²) in [5, 5.41) is 5.73. The van der Waals surface area contributed by atoms with E-state index in [1.54, 1.807) is 24.3 Å². The largest absolute Gasteiger partial charge is 0.466 e. The first-order valence-corrected chi connectivity index (χ1v) is 6.82. The van der Waals surface area contributed by atoms with Gasteiger partial charge in [-0.05, 0) is 19.9 Å². The highest BCUT2D eigenvalue weighted by atomic mass is 32.1. The van der Waals surface area contributed by atoms with Crippen molar-refractivity contribution in [3.05, 3.63) is 34.2 Å². The summed E-state index contributed by atoms with van der Waals surface area (Å²) in [7, 11) is 3.89. The summed E-state index contributed by atoms with van der Waals surface area (Å²) in [5.74, 6) is 1.25.